The van der Waals surface area contributed by atoms with Crippen LogP contribution in [0, 0.1) is 17.8 Å². The van der Waals surface area contributed by atoms with Crippen LogP contribution in [-0.2, 0) is 10.0 Å². The third kappa shape index (κ3) is 5.60. The Balaban J connectivity index is 1.84. The molecule has 2 heterocycles. The van der Waals surface area contributed by atoms with Crippen LogP contribution in [0.5, 0.6) is 0 Å². The first-order valence-corrected chi connectivity index (χ1v) is 9.94. The quantitative estimate of drug-likeness (QED) is 0.760. The van der Waals surface area contributed by atoms with Gasteiger partial charge < -0.3 is 4.90 Å². The molecule has 0 aromatic carbocycles. The van der Waals surface area contributed by atoms with Gasteiger partial charge in [0.25, 0.3) is 0 Å². The molecular weight excluding hydrogens is 329 g/mol. The van der Waals surface area contributed by atoms with Crippen molar-refractivity contribution in [2.24, 2.45) is 17.8 Å². The highest BCUT2D eigenvalue weighted by atomic mass is 32.2. The average molecular weight is 356 g/mol. The minimum atomic E-state index is -4.67. The molecule has 0 N–H and O–H groups in total. The van der Waals surface area contributed by atoms with E-state index in [0.717, 1.165) is 36.8 Å². The Morgan fingerprint density at radius 1 is 1.04 bits per heavy atom. The second-order valence-electron chi connectivity index (χ2n) is 7.31. The Bertz CT molecular complexity index is 485. The van der Waals surface area contributed by atoms with Crippen molar-refractivity contribution in [2.45, 2.75) is 39.3 Å². The maximum Gasteiger partial charge on any atom is 0.404 e. The van der Waals surface area contributed by atoms with Gasteiger partial charge in [0.2, 0.25) is 10.0 Å². The van der Waals surface area contributed by atoms with E-state index in [0.29, 0.717) is 18.3 Å². The Kier molecular flexibility index (Phi) is 6.00. The summed E-state index contributed by atoms with van der Waals surface area (Å²) in [6.45, 7) is 7.95. The molecule has 0 aromatic rings. The predicted octanol–water partition coefficient (Wildman–Crippen LogP) is 2.57. The number of sulfonamides is 1. The third-order valence-electron chi connectivity index (χ3n) is 4.85. The van der Waals surface area contributed by atoms with Gasteiger partial charge in [-0.1, -0.05) is 13.8 Å². The van der Waals surface area contributed by atoms with E-state index in [2.05, 4.69) is 18.7 Å². The molecule has 1 unspecified atom stereocenters. The number of likely N-dealkylation sites (tertiary alicyclic amines) is 1. The highest BCUT2D eigenvalue weighted by Crippen LogP contribution is 2.34. The maximum absolute atomic E-state index is 12.4. The van der Waals surface area contributed by atoms with E-state index >= 15 is 0 Å². The molecule has 136 valence electrons. The topological polar surface area (TPSA) is 40.6 Å². The zero-order valence-corrected chi connectivity index (χ0v) is 14.7. The first-order valence-electron chi connectivity index (χ1n) is 8.34. The minimum Gasteiger partial charge on any atom is -0.303 e. The number of piperidine rings is 1. The van der Waals surface area contributed by atoms with Crippen molar-refractivity contribution in [2.75, 3.05) is 38.5 Å². The SMILES string of the molecule is CC(C)CN1CCC(C2CCN(S(=O)(=O)CC(F)(F)F)C2)CC1. The second kappa shape index (κ2) is 7.27. The minimum absolute atomic E-state index is 0.208. The van der Waals surface area contributed by atoms with Crippen LogP contribution < -0.4 is 0 Å². The van der Waals surface area contributed by atoms with E-state index in [1.165, 1.54) is 0 Å². The molecule has 4 nitrogen and oxygen atoms in total. The van der Waals surface area contributed by atoms with Crippen LogP contribution in [0.15, 0.2) is 0 Å². The van der Waals surface area contributed by atoms with Crippen molar-refractivity contribution in [1.29, 1.82) is 0 Å². The van der Waals surface area contributed by atoms with Gasteiger partial charge in [-0.25, -0.2) is 12.7 Å². The fourth-order valence-corrected chi connectivity index (χ4v) is 5.21. The van der Waals surface area contributed by atoms with Crippen LogP contribution in [0.4, 0.5) is 13.2 Å². The fourth-order valence-electron chi connectivity index (χ4n) is 3.81. The zero-order valence-electron chi connectivity index (χ0n) is 13.8. The molecule has 0 aromatic heterocycles. The zero-order chi connectivity index (χ0) is 17.3. The summed E-state index contributed by atoms with van der Waals surface area (Å²) < 4.78 is 61.9. The fraction of sp³-hybridized carbons (Fsp3) is 1.00. The lowest BCUT2D eigenvalue weighted by atomic mass is 9.83. The van der Waals surface area contributed by atoms with Crippen molar-refractivity contribution in [3.63, 3.8) is 0 Å². The van der Waals surface area contributed by atoms with Crippen LogP contribution in [0.2, 0.25) is 0 Å². The van der Waals surface area contributed by atoms with Gasteiger partial charge in [-0.3, -0.25) is 0 Å². The molecule has 0 bridgehead atoms. The normalized spacial score (nSPS) is 26.3. The molecule has 23 heavy (non-hydrogen) atoms. The summed E-state index contributed by atoms with van der Waals surface area (Å²) >= 11 is 0. The monoisotopic (exact) mass is 356 g/mol. The molecule has 1 atom stereocenters. The number of halogens is 3. The van der Waals surface area contributed by atoms with Crippen LogP contribution in [0.25, 0.3) is 0 Å². The summed E-state index contributed by atoms with van der Waals surface area (Å²) in [7, 11) is -4.22. The summed E-state index contributed by atoms with van der Waals surface area (Å²) in [6.07, 6.45) is -1.94. The largest absolute Gasteiger partial charge is 0.404 e. The Morgan fingerprint density at radius 3 is 2.13 bits per heavy atom. The number of alkyl halides is 3. The molecule has 0 radical (unpaired) electrons. The highest BCUT2D eigenvalue weighted by molar-refractivity contribution is 7.89. The van der Waals surface area contributed by atoms with Crippen LogP contribution in [-0.4, -0.2) is 62.3 Å². The van der Waals surface area contributed by atoms with E-state index in [1.54, 1.807) is 0 Å². The van der Waals surface area contributed by atoms with E-state index in [4.69, 9.17) is 0 Å². The molecule has 2 aliphatic rings. The van der Waals surface area contributed by atoms with Crippen molar-refractivity contribution in [1.82, 2.24) is 9.21 Å². The van der Waals surface area contributed by atoms with Crippen molar-refractivity contribution in [3.05, 3.63) is 0 Å². The smallest absolute Gasteiger partial charge is 0.303 e. The second-order valence-corrected chi connectivity index (χ2v) is 9.28. The molecular formula is C15H27F3N2O2S. The van der Waals surface area contributed by atoms with Gasteiger partial charge in [0.1, 0.15) is 0 Å². The summed E-state index contributed by atoms with van der Waals surface area (Å²) in [6, 6.07) is 0. The van der Waals surface area contributed by atoms with Crippen molar-refractivity contribution in [3.8, 4) is 0 Å². The van der Waals surface area contributed by atoms with Gasteiger partial charge >= 0.3 is 6.18 Å². The highest BCUT2D eigenvalue weighted by Gasteiger charge is 2.42. The van der Waals surface area contributed by atoms with Gasteiger partial charge in [0.15, 0.2) is 5.75 Å². The summed E-state index contributed by atoms with van der Waals surface area (Å²) in [5.74, 6) is -0.468. The molecule has 0 aliphatic carbocycles. The van der Waals surface area contributed by atoms with E-state index in [-0.39, 0.29) is 19.0 Å². The van der Waals surface area contributed by atoms with Crippen LogP contribution >= 0.6 is 0 Å². The standard InChI is InChI=1S/C15H27F3N2O2S/c1-12(2)9-19-6-3-13(4-7-19)14-5-8-20(10-14)23(21,22)11-15(16,17)18/h12-14H,3-11H2,1-2H3. The van der Waals surface area contributed by atoms with Gasteiger partial charge in [-0.2, -0.15) is 13.2 Å². The number of hydrogen-bond acceptors (Lipinski definition) is 3. The third-order valence-corrected chi connectivity index (χ3v) is 6.66. The summed E-state index contributed by atoms with van der Waals surface area (Å²) in [5.41, 5.74) is 0. The first kappa shape index (κ1) is 19.0. The molecule has 2 fully saturated rings. The van der Waals surface area contributed by atoms with Gasteiger partial charge in [0, 0.05) is 19.6 Å². The number of hydrogen-bond donors (Lipinski definition) is 0. The molecule has 0 spiro atoms. The van der Waals surface area contributed by atoms with Gasteiger partial charge in [0.05, 0.1) is 0 Å². The Hall–Kier alpha value is -0.340. The Labute approximate surface area is 137 Å². The lowest BCUT2D eigenvalue weighted by Gasteiger charge is -2.35. The van der Waals surface area contributed by atoms with Gasteiger partial charge in [-0.05, 0) is 50.1 Å². The van der Waals surface area contributed by atoms with Gasteiger partial charge in [-0.15, -0.1) is 0 Å². The van der Waals surface area contributed by atoms with Crippen molar-refractivity contribution < 1.29 is 21.6 Å². The average Bonchev–Trinajstić information content (AvgIpc) is 2.86. The van der Waals surface area contributed by atoms with E-state index in [1.807, 2.05) is 0 Å². The lowest BCUT2D eigenvalue weighted by molar-refractivity contribution is -0.107. The van der Waals surface area contributed by atoms with Crippen LogP contribution in [0.1, 0.15) is 33.1 Å². The molecule has 2 saturated heterocycles. The first-order chi connectivity index (χ1) is 10.6. The van der Waals surface area contributed by atoms with E-state index < -0.39 is 22.0 Å². The lowest BCUT2D eigenvalue weighted by Crippen LogP contribution is -2.40. The number of rotatable bonds is 5. The molecule has 2 rings (SSSR count). The van der Waals surface area contributed by atoms with Crippen LogP contribution in [0.3, 0.4) is 0 Å². The number of nitrogens with zero attached hydrogens (tertiary/aromatic N) is 2. The molecule has 8 heteroatoms. The molecule has 2 aliphatic heterocycles. The Morgan fingerprint density at radius 2 is 1.61 bits per heavy atom. The maximum atomic E-state index is 12.4. The summed E-state index contributed by atoms with van der Waals surface area (Å²) in [4.78, 5) is 2.42. The summed E-state index contributed by atoms with van der Waals surface area (Å²) in [5, 5.41) is 0. The van der Waals surface area contributed by atoms with E-state index in [9.17, 15) is 21.6 Å². The van der Waals surface area contributed by atoms with Crippen molar-refractivity contribution >= 4 is 10.0 Å². The molecule has 0 amide bonds. The predicted molar refractivity (Wildman–Crippen MR) is 83.5 cm³/mol. The molecule has 0 saturated carbocycles.